The zero-order valence-electron chi connectivity index (χ0n) is 22.8. The lowest BCUT2D eigenvalue weighted by molar-refractivity contribution is -0.384. The first kappa shape index (κ1) is 29.6. The molecule has 0 saturated carbocycles. The molecule has 1 amide bonds. The van der Waals surface area contributed by atoms with Gasteiger partial charge in [-0.3, -0.25) is 19.7 Å². The maximum atomic E-state index is 13.3. The van der Waals surface area contributed by atoms with Crippen molar-refractivity contribution in [2.24, 2.45) is 0 Å². The van der Waals surface area contributed by atoms with Crippen molar-refractivity contribution in [3.8, 4) is 11.5 Å². The molecule has 2 aromatic carbocycles. The number of nitro benzene ring substituents is 1. The zero-order chi connectivity index (χ0) is 28.5. The van der Waals surface area contributed by atoms with E-state index in [9.17, 15) is 29.9 Å². The quantitative estimate of drug-likeness (QED) is 0.112. The van der Waals surface area contributed by atoms with Crippen LogP contribution in [-0.2, 0) is 9.59 Å². The molecular formula is C29H37N3O7. The van der Waals surface area contributed by atoms with E-state index in [4.69, 9.17) is 4.74 Å². The fourth-order valence-corrected chi connectivity index (χ4v) is 4.81. The molecule has 10 nitrogen and oxygen atoms in total. The van der Waals surface area contributed by atoms with Crippen LogP contribution in [0.1, 0.15) is 63.1 Å². The standard InChI is InChI=1S/C29H37N3O7/c1-4-6-14-30(15-7-5-2)16-9-17-31-26(20-12-13-23(33)24(19-20)39-3)25(28(35)29(31)36)27(34)21-10-8-11-22(18-21)32(37)38/h8,10-13,18-19,26,33-34H,4-7,9,14-17H2,1-3H3/t26-/m1/s1. The third kappa shape index (κ3) is 6.94. The van der Waals surface area contributed by atoms with Crippen molar-refractivity contribution in [3.05, 3.63) is 69.3 Å². The summed E-state index contributed by atoms with van der Waals surface area (Å²) in [4.78, 5) is 41.1. The number of benzene rings is 2. The molecule has 210 valence electrons. The predicted octanol–water partition coefficient (Wildman–Crippen LogP) is 5.02. The lowest BCUT2D eigenvalue weighted by Gasteiger charge is -2.27. The van der Waals surface area contributed by atoms with Crippen LogP contribution < -0.4 is 4.74 Å². The molecule has 10 heteroatoms. The predicted molar refractivity (Wildman–Crippen MR) is 148 cm³/mol. The molecule has 3 rings (SSSR count). The summed E-state index contributed by atoms with van der Waals surface area (Å²) < 4.78 is 5.25. The summed E-state index contributed by atoms with van der Waals surface area (Å²) in [7, 11) is 1.39. The molecule has 2 aromatic rings. The number of hydrogen-bond acceptors (Lipinski definition) is 8. The zero-order valence-corrected chi connectivity index (χ0v) is 22.8. The first-order chi connectivity index (χ1) is 18.7. The highest BCUT2D eigenvalue weighted by Gasteiger charge is 2.46. The molecule has 1 fully saturated rings. The van der Waals surface area contributed by atoms with Gasteiger partial charge in [0.2, 0.25) is 0 Å². The summed E-state index contributed by atoms with van der Waals surface area (Å²) in [5.74, 6) is -2.08. The number of likely N-dealkylation sites (tertiary alicyclic amines) is 1. The highest BCUT2D eigenvalue weighted by molar-refractivity contribution is 6.46. The maximum Gasteiger partial charge on any atom is 0.295 e. The van der Waals surface area contributed by atoms with Gasteiger partial charge < -0.3 is 24.7 Å². The summed E-state index contributed by atoms with van der Waals surface area (Å²) in [6.45, 7) is 7.22. The number of ether oxygens (including phenoxy) is 1. The number of non-ortho nitro benzene ring substituents is 1. The van der Waals surface area contributed by atoms with E-state index in [0.29, 0.717) is 12.0 Å². The van der Waals surface area contributed by atoms with Gasteiger partial charge in [-0.1, -0.05) is 44.9 Å². The second kappa shape index (κ2) is 13.7. The highest BCUT2D eigenvalue weighted by atomic mass is 16.6. The van der Waals surface area contributed by atoms with Gasteiger partial charge >= 0.3 is 0 Å². The molecule has 0 unspecified atom stereocenters. The molecule has 39 heavy (non-hydrogen) atoms. The van der Waals surface area contributed by atoms with Crippen LogP contribution in [0.4, 0.5) is 5.69 Å². The summed E-state index contributed by atoms with van der Waals surface area (Å²) in [5, 5.41) is 32.6. The third-order valence-corrected chi connectivity index (χ3v) is 6.92. The molecule has 1 saturated heterocycles. The number of nitrogens with zero attached hydrogens (tertiary/aromatic N) is 3. The number of hydrogen-bond donors (Lipinski definition) is 2. The number of aliphatic hydroxyl groups excluding tert-OH is 1. The van der Waals surface area contributed by atoms with Crippen molar-refractivity contribution < 1.29 is 29.5 Å². The van der Waals surface area contributed by atoms with Crippen molar-refractivity contribution in [2.75, 3.05) is 33.3 Å². The lowest BCUT2D eigenvalue weighted by Crippen LogP contribution is -2.34. The third-order valence-electron chi connectivity index (χ3n) is 6.92. The highest BCUT2D eigenvalue weighted by Crippen LogP contribution is 2.42. The number of unbranched alkanes of at least 4 members (excludes halogenated alkanes) is 2. The molecule has 0 aromatic heterocycles. The smallest absolute Gasteiger partial charge is 0.295 e. The van der Waals surface area contributed by atoms with Crippen molar-refractivity contribution in [1.82, 2.24) is 9.80 Å². The number of phenols is 1. The lowest BCUT2D eigenvalue weighted by atomic mass is 9.94. The average molecular weight is 540 g/mol. The molecule has 1 aliphatic rings. The number of methoxy groups -OCH3 is 1. The Morgan fingerprint density at radius 2 is 1.72 bits per heavy atom. The van der Waals surface area contributed by atoms with Crippen LogP contribution in [0.3, 0.4) is 0 Å². The van der Waals surface area contributed by atoms with Crippen molar-refractivity contribution in [3.63, 3.8) is 0 Å². The fourth-order valence-electron chi connectivity index (χ4n) is 4.81. The summed E-state index contributed by atoms with van der Waals surface area (Å²) in [6.07, 6.45) is 4.92. The molecule has 0 aliphatic carbocycles. The van der Waals surface area contributed by atoms with Crippen LogP contribution in [0.15, 0.2) is 48.0 Å². The molecule has 0 radical (unpaired) electrons. The van der Waals surface area contributed by atoms with E-state index in [2.05, 4.69) is 18.7 Å². The van der Waals surface area contributed by atoms with Crippen LogP contribution in [0.25, 0.3) is 5.76 Å². The van der Waals surface area contributed by atoms with Gasteiger partial charge in [-0.2, -0.15) is 0 Å². The monoisotopic (exact) mass is 539 g/mol. The minimum Gasteiger partial charge on any atom is -0.507 e. The SMILES string of the molecule is CCCCN(CCCC)CCCN1C(=O)C(=O)C(=C(O)c2cccc([N+](=O)[O-])c2)[C@H]1c1ccc(O)c(OC)c1. The van der Waals surface area contributed by atoms with Gasteiger partial charge in [-0.05, 0) is 56.6 Å². The van der Waals surface area contributed by atoms with Crippen LogP contribution in [0, 0.1) is 10.1 Å². The number of carbonyl (C=O) groups excluding carboxylic acids is 2. The van der Waals surface area contributed by atoms with Gasteiger partial charge in [0.25, 0.3) is 17.4 Å². The molecule has 0 bridgehead atoms. The number of phenolic OH excluding ortho intramolecular Hbond substituents is 1. The van der Waals surface area contributed by atoms with Gasteiger partial charge in [-0.25, -0.2) is 0 Å². The fraction of sp³-hybridized carbons (Fsp3) is 0.448. The van der Waals surface area contributed by atoms with Gasteiger partial charge in [0.15, 0.2) is 11.5 Å². The number of amides is 1. The Labute approximate surface area is 228 Å². The average Bonchev–Trinajstić information content (AvgIpc) is 3.19. The number of aromatic hydroxyl groups is 1. The molecule has 1 aliphatic heterocycles. The number of rotatable bonds is 14. The number of nitro groups is 1. The Balaban J connectivity index is 2.01. The van der Waals surface area contributed by atoms with Crippen LogP contribution in [0.5, 0.6) is 11.5 Å². The van der Waals surface area contributed by atoms with Gasteiger partial charge in [0.05, 0.1) is 23.6 Å². The number of ketones is 1. The summed E-state index contributed by atoms with van der Waals surface area (Å²) in [6, 6.07) is 8.83. The van der Waals surface area contributed by atoms with Crippen LogP contribution in [-0.4, -0.2) is 69.9 Å². The molecular weight excluding hydrogens is 502 g/mol. The van der Waals surface area contributed by atoms with E-state index >= 15 is 0 Å². The van der Waals surface area contributed by atoms with Crippen LogP contribution >= 0.6 is 0 Å². The minimum atomic E-state index is -0.960. The number of Topliss-reactive ketones (excluding diaryl/α,β-unsaturated/α-hetero) is 1. The Morgan fingerprint density at radius 1 is 1.05 bits per heavy atom. The molecule has 0 spiro atoms. The van der Waals surface area contributed by atoms with Crippen molar-refractivity contribution in [2.45, 2.75) is 52.0 Å². The first-order valence-electron chi connectivity index (χ1n) is 13.4. The van der Waals surface area contributed by atoms with Crippen molar-refractivity contribution in [1.29, 1.82) is 0 Å². The van der Waals surface area contributed by atoms with E-state index in [1.54, 1.807) is 6.07 Å². The first-order valence-corrected chi connectivity index (χ1v) is 13.4. The number of aliphatic hydroxyl groups is 1. The maximum absolute atomic E-state index is 13.3. The molecule has 1 atom stereocenters. The topological polar surface area (TPSA) is 133 Å². The second-order valence-electron chi connectivity index (χ2n) is 9.63. The Morgan fingerprint density at radius 3 is 2.33 bits per heavy atom. The molecule has 1 heterocycles. The Hall–Kier alpha value is -3.92. The normalized spacial score (nSPS) is 16.7. The summed E-state index contributed by atoms with van der Waals surface area (Å²) in [5.41, 5.74) is 0.102. The Bertz CT molecular complexity index is 1220. The minimum absolute atomic E-state index is 0.0586. The van der Waals surface area contributed by atoms with E-state index in [1.165, 1.54) is 42.3 Å². The van der Waals surface area contributed by atoms with E-state index in [1.807, 2.05) is 0 Å². The van der Waals surface area contributed by atoms with Gasteiger partial charge in [-0.15, -0.1) is 0 Å². The van der Waals surface area contributed by atoms with E-state index in [0.717, 1.165) is 51.4 Å². The molecule has 2 N–H and O–H groups in total. The van der Waals surface area contributed by atoms with E-state index in [-0.39, 0.29) is 34.9 Å². The second-order valence-corrected chi connectivity index (χ2v) is 9.63. The largest absolute Gasteiger partial charge is 0.507 e. The van der Waals surface area contributed by atoms with Gasteiger partial charge in [0, 0.05) is 24.2 Å². The van der Waals surface area contributed by atoms with Crippen molar-refractivity contribution >= 4 is 23.1 Å². The van der Waals surface area contributed by atoms with E-state index < -0.39 is 28.4 Å². The Kier molecular flexibility index (Phi) is 10.4. The summed E-state index contributed by atoms with van der Waals surface area (Å²) >= 11 is 0. The van der Waals surface area contributed by atoms with Crippen LogP contribution in [0.2, 0.25) is 0 Å². The van der Waals surface area contributed by atoms with Gasteiger partial charge in [0.1, 0.15) is 5.76 Å². The number of carbonyl (C=O) groups is 2.